The molecule has 0 bridgehead atoms. The molecule has 19 heavy (non-hydrogen) atoms. The molecule has 0 radical (unpaired) electrons. The van der Waals surface area contributed by atoms with Crippen LogP contribution in [0.25, 0.3) is 0 Å². The van der Waals surface area contributed by atoms with E-state index in [9.17, 15) is 14.4 Å². The van der Waals surface area contributed by atoms with Crippen LogP contribution in [0.2, 0.25) is 0 Å². The first-order valence-electron chi connectivity index (χ1n) is 6.13. The van der Waals surface area contributed by atoms with Crippen LogP contribution in [0, 0.1) is 0 Å². The van der Waals surface area contributed by atoms with E-state index in [4.69, 9.17) is 0 Å². The minimum atomic E-state index is -0.992. The third kappa shape index (κ3) is 7.23. The van der Waals surface area contributed by atoms with Crippen LogP contribution < -0.4 is 10.6 Å². The molecule has 0 aliphatic rings. The summed E-state index contributed by atoms with van der Waals surface area (Å²) in [5, 5.41) is 5.23. The Balaban J connectivity index is 3.93. The fraction of sp³-hybridized carbons (Fsp3) is 0.615. The summed E-state index contributed by atoms with van der Waals surface area (Å²) in [5.41, 5.74) is -0.992. The van der Waals surface area contributed by atoms with E-state index in [1.54, 1.807) is 13.8 Å². The van der Waals surface area contributed by atoms with Gasteiger partial charge in [-0.15, -0.1) is 0 Å². The smallest absolute Gasteiger partial charge is 0.305 e. The van der Waals surface area contributed by atoms with Crippen LogP contribution in [0.5, 0.6) is 0 Å². The van der Waals surface area contributed by atoms with Crippen molar-refractivity contribution in [2.24, 2.45) is 0 Å². The zero-order valence-corrected chi connectivity index (χ0v) is 11.7. The Morgan fingerprint density at radius 3 is 2.42 bits per heavy atom. The van der Waals surface area contributed by atoms with E-state index in [2.05, 4.69) is 21.9 Å². The van der Waals surface area contributed by atoms with Crippen molar-refractivity contribution in [1.29, 1.82) is 0 Å². The van der Waals surface area contributed by atoms with Crippen molar-refractivity contribution < 1.29 is 19.1 Å². The van der Waals surface area contributed by atoms with E-state index < -0.39 is 11.4 Å². The summed E-state index contributed by atoms with van der Waals surface area (Å²) < 4.78 is 4.51. The summed E-state index contributed by atoms with van der Waals surface area (Å²) in [6, 6.07) is 0. The number of nitrogens with one attached hydrogen (secondary N) is 2. The van der Waals surface area contributed by atoms with Crippen LogP contribution in [0.1, 0.15) is 33.1 Å². The van der Waals surface area contributed by atoms with E-state index >= 15 is 0 Å². The zero-order valence-electron chi connectivity index (χ0n) is 11.7. The molecule has 0 rings (SSSR count). The lowest BCUT2D eigenvalue weighted by Gasteiger charge is -2.24. The van der Waals surface area contributed by atoms with Crippen LogP contribution in [-0.2, 0) is 19.1 Å². The maximum Gasteiger partial charge on any atom is 0.305 e. The predicted molar refractivity (Wildman–Crippen MR) is 71.3 cm³/mol. The SMILES string of the molecule is C=CC(=O)NC(C)(C)C(=O)NCCCCC(=O)OC. The number of carbonyl (C=O) groups excluding carboxylic acids is 3. The van der Waals surface area contributed by atoms with Gasteiger partial charge in [0, 0.05) is 13.0 Å². The first-order chi connectivity index (χ1) is 8.83. The molecule has 0 fully saturated rings. The van der Waals surface area contributed by atoms with Gasteiger partial charge in [0.25, 0.3) is 0 Å². The van der Waals surface area contributed by atoms with Gasteiger partial charge in [-0.25, -0.2) is 0 Å². The molecule has 0 saturated heterocycles. The number of ether oxygens (including phenoxy) is 1. The van der Waals surface area contributed by atoms with Crippen molar-refractivity contribution in [3.8, 4) is 0 Å². The molecule has 6 heteroatoms. The summed E-state index contributed by atoms with van der Waals surface area (Å²) in [4.78, 5) is 33.8. The first kappa shape index (κ1) is 17.2. The summed E-state index contributed by atoms with van der Waals surface area (Å²) >= 11 is 0. The Morgan fingerprint density at radius 1 is 1.26 bits per heavy atom. The average Bonchev–Trinajstić information content (AvgIpc) is 2.36. The molecule has 0 spiro atoms. The molecule has 0 aliphatic carbocycles. The minimum Gasteiger partial charge on any atom is -0.469 e. The Morgan fingerprint density at radius 2 is 1.89 bits per heavy atom. The molecule has 108 valence electrons. The molecule has 0 aromatic heterocycles. The van der Waals surface area contributed by atoms with Gasteiger partial charge in [-0.3, -0.25) is 14.4 Å². The van der Waals surface area contributed by atoms with E-state index in [-0.39, 0.29) is 11.9 Å². The highest BCUT2D eigenvalue weighted by Gasteiger charge is 2.28. The fourth-order valence-electron chi connectivity index (χ4n) is 1.34. The molecule has 0 aromatic carbocycles. The predicted octanol–water partition coefficient (Wildman–Crippen LogP) is 0.527. The van der Waals surface area contributed by atoms with Crippen molar-refractivity contribution in [2.75, 3.05) is 13.7 Å². The summed E-state index contributed by atoms with van der Waals surface area (Å²) in [7, 11) is 1.34. The fourth-order valence-corrected chi connectivity index (χ4v) is 1.34. The number of amides is 2. The highest BCUT2D eigenvalue weighted by molar-refractivity contribution is 5.94. The van der Waals surface area contributed by atoms with E-state index in [1.165, 1.54) is 7.11 Å². The van der Waals surface area contributed by atoms with Gasteiger partial charge in [-0.2, -0.15) is 0 Å². The van der Waals surface area contributed by atoms with Crippen molar-refractivity contribution in [2.45, 2.75) is 38.6 Å². The molecule has 0 heterocycles. The summed E-state index contributed by atoms with van der Waals surface area (Å²) in [6.45, 7) is 6.99. The van der Waals surface area contributed by atoms with Gasteiger partial charge >= 0.3 is 5.97 Å². The van der Waals surface area contributed by atoms with E-state index in [0.29, 0.717) is 25.8 Å². The van der Waals surface area contributed by atoms with Gasteiger partial charge in [0.05, 0.1) is 7.11 Å². The van der Waals surface area contributed by atoms with Crippen LogP contribution in [0.15, 0.2) is 12.7 Å². The van der Waals surface area contributed by atoms with Gasteiger partial charge in [0.15, 0.2) is 0 Å². The van der Waals surface area contributed by atoms with Gasteiger partial charge in [-0.05, 0) is 32.8 Å². The van der Waals surface area contributed by atoms with Crippen LogP contribution in [0.3, 0.4) is 0 Å². The van der Waals surface area contributed by atoms with Crippen LogP contribution in [-0.4, -0.2) is 37.0 Å². The Hall–Kier alpha value is -1.85. The van der Waals surface area contributed by atoms with Crippen molar-refractivity contribution in [3.05, 3.63) is 12.7 Å². The monoisotopic (exact) mass is 270 g/mol. The number of hydrogen-bond donors (Lipinski definition) is 2. The number of esters is 1. The van der Waals surface area contributed by atoms with Gasteiger partial charge in [0.1, 0.15) is 5.54 Å². The third-order valence-corrected chi connectivity index (χ3v) is 2.51. The lowest BCUT2D eigenvalue weighted by Crippen LogP contribution is -2.54. The Labute approximate surface area is 113 Å². The number of hydrogen-bond acceptors (Lipinski definition) is 4. The molecule has 2 N–H and O–H groups in total. The van der Waals surface area contributed by atoms with Crippen molar-refractivity contribution >= 4 is 17.8 Å². The number of rotatable bonds is 8. The van der Waals surface area contributed by atoms with Gasteiger partial charge in [0.2, 0.25) is 11.8 Å². The van der Waals surface area contributed by atoms with Crippen LogP contribution in [0.4, 0.5) is 0 Å². The Kier molecular flexibility index (Phi) is 7.48. The number of methoxy groups -OCH3 is 1. The maximum absolute atomic E-state index is 11.8. The lowest BCUT2D eigenvalue weighted by molar-refractivity contribution is -0.140. The highest BCUT2D eigenvalue weighted by atomic mass is 16.5. The summed E-state index contributed by atoms with van der Waals surface area (Å²) in [6.07, 6.45) is 2.77. The van der Waals surface area contributed by atoms with Crippen LogP contribution >= 0.6 is 0 Å². The third-order valence-electron chi connectivity index (χ3n) is 2.51. The van der Waals surface area contributed by atoms with Gasteiger partial charge < -0.3 is 15.4 Å². The largest absolute Gasteiger partial charge is 0.469 e. The van der Waals surface area contributed by atoms with E-state index in [0.717, 1.165) is 6.08 Å². The average molecular weight is 270 g/mol. The maximum atomic E-state index is 11.8. The van der Waals surface area contributed by atoms with Gasteiger partial charge in [-0.1, -0.05) is 6.58 Å². The minimum absolute atomic E-state index is 0.259. The topological polar surface area (TPSA) is 84.5 Å². The molecule has 6 nitrogen and oxygen atoms in total. The normalized spacial score (nSPS) is 10.5. The highest BCUT2D eigenvalue weighted by Crippen LogP contribution is 2.03. The molecular weight excluding hydrogens is 248 g/mol. The molecule has 0 atom stereocenters. The lowest BCUT2D eigenvalue weighted by atomic mass is 10.0. The molecule has 0 unspecified atom stereocenters. The van der Waals surface area contributed by atoms with E-state index in [1.807, 2.05) is 0 Å². The molecule has 0 saturated carbocycles. The molecular formula is C13H22N2O4. The summed E-state index contributed by atoms with van der Waals surface area (Å²) in [5.74, 6) is -0.934. The van der Waals surface area contributed by atoms with Crippen molar-refractivity contribution in [3.63, 3.8) is 0 Å². The number of unbranched alkanes of at least 4 members (excludes halogenated alkanes) is 1. The second-order valence-electron chi connectivity index (χ2n) is 4.61. The zero-order chi connectivity index (χ0) is 14.9. The van der Waals surface area contributed by atoms with Crippen molar-refractivity contribution in [1.82, 2.24) is 10.6 Å². The second kappa shape index (κ2) is 8.29. The number of carbonyl (C=O) groups is 3. The standard InChI is InChI=1S/C13H22N2O4/c1-5-10(16)15-13(2,3)12(18)14-9-7-6-8-11(17)19-4/h5H,1,6-9H2,2-4H3,(H,14,18)(H,15,16). The second-order valence-corrected chi connectivity index (χ2v) is 4.61. The quantitative estimate of drug-likeness (QED) is 0.383. The first-order valence-corrected chi connectivity index (χ1v) is 6.13. The molecule has 0 aliphatic heterocycles. The molecule has 2 amide bonds. The Bertz CT molecular complexity index is 351. The molecule has 0 aromatic rings.